The smallest absolute Gasteiger partial charge is 0.133 e. The van der Waals surface area contributed by atoms with Gasteiger partial charge in [-0.2, -0.15) is 0 Å². The molecule has 0 saturated carbocycles. The highest BCUT2D eigenvalue weighted by atomic mass is 79.9. The summed E-state index contributed by atoms with van der Waals surface area (Å²) in [5.74, 6) is 0.954. The summed E-state index contributed by atoms with van der Waals surface area (Å²) in [6.07, 6.45) is 0. The SMILES string of the molecule is COc1ccc(O)c(C2COCCN2)c1Br. The molecule has 2 rings (SSSR count). The average Bonchev–Trinajstić information content (AvgIpc) is 2.31. The van der Waals surface area contributed by atoms with Crippen molar-refractivity contribution < 1.29 is 14.6 Å². The van der Waals surface area contributed by atoms with Crippen LogP contribution in [0.4, 0.5) is 0 Å². The van der Waals surface area contributed by atoms with E-state index < -0.39 is 0 Å². The molecule has 1 aliphatic heterocycles. The summed E-state index contributed by atoms with van der Waals surface area (Å²) in [6.45, 7) is 2.05. The van der Waals surface area contributed by atoms with E-state index in [-0.39, 0.29) is 11.8 Å². The Balaban J connectivity index is 2.37. The molecule has 1 unspecified atom stereocenters. The molecule has 1 aromatic rings. The number of nitrogens with one attached hydrogen (secondary N) is 1. The largest absolute Gasteiger partial charge is 0.508 e. The summed E-state index contributed by atoms with van der Waals surface area (Å²) in [4.78, 5) is 0. The number of rotatable bonds is 2. The number of methoxy groups -OCH3 is 1. The third kappa shape index (κ3) is 2.16. The van der Waals surface area contributed by atoms with Gasteiger partial charge in [-0.25, -0.2) is 0 Å². The number of hydrogen-bond donors (Lipinski definition) is 2. The third-order valence-electron chi connectivity index (χ3n) is 2.61. The fraction of sp³-hybridized carbons (Fsp3) is 0.455. The van der Waals surface area contributed by atoms with Crippen LogP contribution in [0.5, 0.6) is 11.5 Å². The van der Waals surface area contributed by atoms with Crippen LogP contribution in [0.2, 0.25) is 0 Å². The van der Waals surface area contributed by atoms with Gasteiger partial charge in [-0.05, 0) is 28.1 Å². The topological polar surface area (TPSA) is 50.7 Å². The molecule has 0 amide bonds. The van der Waals surface area contributed by atoms with Crippen LogP contribution in [-0.2, 0) is 4.74 Å². The van der Waals surface area contributed by atoms with E-state index >= 15 is 0 Å². The predicted octanol–water partition coefficient (Wildman–Crippen LogP) is 1.82. The molecule has 0 radical (unpaired) electrons. The van der Waals surface area contributed by atoms with Gasteiger partial charge in [0.15, 0.2) is 0 Å². The Labute approximate surface area is 103 Å². The van der Waals surface area contributed by atoms with E-state index in [0.29, 0.717) is 19.0 Å². The molecule has 0 spiro atoms. The number of halogens is 1. The lowest BCUT2D eigenvalue weighted by Crippen LogP contribution is -2.34. The second-order valence-electron chi connectivity index (χ2n) is 3.60. The summed E-state index contributed by atoms with van der Waals surface area (Å²) in [5.41, 5.74) is 0.791. The first kappa shape index (κ1) is 11.7. The highest BCUT2D eigenvalue weighted by Crippen LogP contribution is 2.38. The second-order valence-corrected chi connectivity index (χ2v) is 4.39. The Morgan fingerprint density at radius 2 is 2.38 bits per heavy atom. The third-order valence-corrected chi connectivity index (χ3v) is 3.43. The van der Waals surface area contributed by atoms with Crippen LogP contribution in [0, 0.1) is 0 Å². The lowest BCUT2D eigenvalue weighted by molar-refractivity contribution is 0.0758. The lowest BCUT2D eigenvalue weighted by Gasteiger charge is -2.26. The van der Waals surface area contributed by atoms with Crippen LogP contribution in [-0.4, -0.2) is 32.0 Å². The minimum Gasteiger partial charge on any atom is -0.508 e. The number of phenolic OH excluding ortho intramolecular Hbond substituents is 1. The lowest BCUT2D eigenvalue weighted by atomic mass is 10.1. The Bertz CT molecular complexity index is 378. The number of morpholine rings is 1. The molecule has 5 heteroatoms. The summed E-state index contributed by atoms with van der Waals surface area (Å²) in [7, 11) is 1.60. The fourth-order valence-corrected chi connectivity index (χ4v) is 2.58. The van der Waals surface area contributed by atoms with E-state index in [9.17, 15) is 5.11 Å². The molecule has 16 heavy (non-hydrogen) atoms. The van der Waals surface area contributed by atoms with Crippen LogP contribution >= 0.6 is 15.9 Å². The van der Waals surface area contributed by atoms with Gasteiger partial charge in [0, 0.05) is 12.1 Å². The standard InChI is InChI=1S/C11H14BrNO3/c1-15-9-3-2-8(14)10(11(9)12)7-6-16-5-4-13-7/h2-3,7,13-14H,4-6H2,1H3. The van der Waals surface area contributed by atoms with Crippen molar-refractivity contribution in [1.29, 1.82) is 0 Å². The van der Waals surface area contributed by atoms with Crippen molar-refractivity contribution >= 4 is 15.9 Å². The van der Waals surface area contributed by atoms with Gasteiger partial charge < -0.3 is 19.9 Å². The van der Waals surface area contributed by atoms with Gasteiger partial charge in [0.05, 0.1) is 30.8 Å². The Morgan fingerprint density at radius 3 is 3.00 bits per heavy atom. The molecule has 1 heterocycles. The van der Waals surface area contributed by atoms with Crippen LogP contribution in [0.15, 0.2) is 16.6 Å². The quantitative estimate of drug-likeness (QED) is 0.871. The first-order chi connectivity index (χ1) is 7.74. The molecule has 0 aliphatic carbocycles. The van der Waals surface area contributed by atoms with E-state index in [1.807, 2.05) is 0 Å². The van der Waals surface area contributed by atoms with Gasteiger partial charge in [-0.1, -0.05) is 0 Å². The maximum absolute atomic E-state index is 9.88. The van der Waals surface area contributed by atoms with Crippen molar-refractivity contribution in [2.24, 2.45) is 0 Å². The highest BCUT2D eigenvalue weighted by molar-refractivity contribution is 9.10. The average molecular weight is 288 g/mol. The van der Waals surface area contributed by atoms with Crippen molar-refractivity contribution in [3.8, 4) is 11.5 Å². The number of benzene rings is 1. The zero-order chi connectivity index (χ0) is 11.5. The van der Waals surface area contributed by atoms with Crippen molar-refractivity contribution in [3.63, 3.8) is 0 Å². The maximum Gasteiger partial charge on any atom is 0.133 e. The second kappa shape index (κ2) is 5.03. The molecule has 1 saturated heterocycles. The fourth-order valence-electron chi connectivity index (χ4n) is 1.80. The first-order valence-electron chi connectivity index (χ1n) is 5.10. The maximum atomic E-state index is 9.88. The molecule has 1 fully saturated rings. The van der Waals surface area contributed by atoms with Gasteiger partial charge in [0.25, 0.3) is 0 Å². The summed E-state index contributed by atoms with van der Waals surface area (Å²) >= 11 is 3.45. The zero-order valence-electron chi connectivity index (χ0n) is 9.00. The molecular weight excluding hydrogens is 274 g/mol. The van der Waals surface area contributed by atoms with E-state index in [1.54, 1.807) is 19.2 Å². The minimum absolute atomic E-state index is 0.00164. The molecule has 2 N–H and O–H groups in total. The molecule has 88 valence electrons. The van der Waals surface area contributed by atoms with E-state index in [1.165, 1.54) is 0 Å². The minimum atomic E-state index is -0.00164. The molecule has 1 atom stereocenters. The van der Waals surface area contributed by atoms with Crippen LogP contribution in [0.25, 0.3) is 0 Å². The number of ether oxygens (including phenoxy) is 2. The Kier molecular flexibility index (Phi) is 3.68. The monoisotopic (exact) mass is 287 g/mol. The molecule has 1 aliphatic rings. The van der Waals surface area contributed by atoms with Gasteiger partial charge in [0.2, 0.25) is 0 Å². The van der Waals surface area contributed by atoms with E-state index in [2.05, 4.69) is 21.2 Å². The molecule has 4 nitrogen and oxygen atoms in total. The summed E-state index contributed by atoms with van der Waals surface area (Å²) in [5, 5.41) is 13.2. The first-order valence-corrected chi connectivity index (χ1v) is 5.90. The van der Waals surface area contributed by atoms with Gasteiger partial charge in [0.1, 0.15) is 11.5 Å². The number of hydrogen-bond acceptors (Lipinski definition) is 4. The highest BCUT2D eigenvalue weighted by Gasteiger charge is 2.23. The van der Waals surface area contributed by atoms with Crippen molar-refractivity contribution in [2.75, 3.05) is 26.9 Å². The zero-order valence-corrected chi connectivity index (χ0v) is 10.6. The molecule has 0 bridgehead atoms. The van der Waals surface area contributed by atoms with Crippen molar-refractivity contribution in [2.45, 2.75) is 6.04 Å². The van der Waals surface area contributed by atoms with E-state index in [4.69, 9.17) is 9.47 Å². The van der Waals surface area contributed by atoms with Crippen LogP contribution in [0.3, 0.4) is 0 Å². The number of phenols is 1. The normalized spacial score (nSPS) is 20.8. The van der Waals surface area contributed by atoms with Gasteiger partial charge in [-0.15, -0.1) is 0 Å². The molecule has 0 aromatic heterocycles. The van der Waals surface area contributed by atoms with Gasteiger partial charge in [-0.3, -0.25) is 0 Å². The Morgan fingerprint density at radius 1 is 1.56 bits per heavy atom. The summed E-state index contributed by atoms with van der Waals surface area (Å²) in [6, 6.07) is 3.36. The van der Waals surface area contributed by atoms with Crippen LogP contribution < -0.4 is 10.1 Å². The van der Waals surface area contributed by atoms with Crippen molar-refractivity contribution in [3.05, 3.63) is 22.2 Å². The number of aromatic hydroxyl groups is 1. The van der Waals surface area contributed by atoms with E-state index in [0.717, 1.165) is 16.6 Å². The van der Waals surface area contributed by atoms with Gasteiger partial charge >= 0.3 is 0 Å². The Hall–Kier alpha value is -0.780. The predicted molar refractivity (Wildman–Crippen MR) is 63.9 cm³/mol. The van der Waals surface area contributed by atoms with Crippen LogP contribution in [0.1, 0.15) is 11.6 Å². The summed E-state index contributed by atoms with van der Waals surface area (Å²) < 4.78 is 11.4. The van der Waals surface area contributed by atoms with Crippen molar-refractivity contribution in [1.82, 2.24) is 5.32 Å². The molecule has 1 aromatic carbocycles. The molecular formula is C11H14BrNO3.